The zero-order valence-electron chi connectivity index (χ0n) is 15.1. The summed E-state index contributed by atoms with van der Waals surface area (Å²) in [6.07, 6.45) is -1.02. The van der Waals surface area contributed by atoms with E-state index in [0.717, 1.165) is 0 Å². The van der Waals surface area contributed by atoms with Gasteiger partial charge in [-0.3, -0.25) is 4.79 Å². The molecule has 0 spiro atoms. The summed E-state index contributed by atoms with van der Waals surface area (Å²) in [6, 6.07) is 11.8. The lowest BCUT2D eigenvalue weighted by molar-refractivity contribution is -0.123. The number of esters is 1. The molecule has 0 saturated carbocycles. The van der Waals surface area contributed by atoms with Crippen molar-refractivity contribution in [2.24, 2.45) is 0 Å². The molecule has 0 aliphatic heterocycles. The first-order valence-corrected chi connectivity index (χ1v) is 7.87. The molecule has 7 nitrogen and oxygen atoms in total. The van der Waals surface area contributed by atoms with Crippen LogP contribution in [0.25, 0.3) is 0 Å². The number of rotatable bonds is 7. The average molecular weight is 359 g/mol. The topological polar surface area (TPSA) is 83.1 Å². The Hall–Kier alpha value is -3.22. The maximum absolute atomic E-state index is 12.5. The van der Waals surface area contributed by atoms with E-state index >= 15 is 0 Å². The first-order valence-electron chi connectivity index (χ1n) is 7.87. The largest absolute Gasteiger partial charge is 0.497 e. The van der Waals surface area contributed by atoms with E-state index in [9.17, 15) is 9.59 Å². The third-order valence-electron chi connectivity index (χ3n) is 3.62. The van der Waals surface area contributed by atoms with E-state index in [1.807, 2.05) is 0 Å². The van der Waals surface area contributed by atoms with E-state index in [0.29, 0.717) is 22.9 Å². The van der Waals surface area contributed by atoms with Gasteiger partial charge in [0.25, 0.3) is 5.91 Å². The molecule has 0 aliphatic rings. The lowest BCUT2D eigenvalue weighted by Crippen LogP contribution is -2.30. The van der Waals surface area contributed by atoms with Crippen molar-refractivity contribution in [3.05, 3.63) is 48.0 Å². The van der Waals surface area contributed by atoms with Crippen molar-refractivity contribution in [3.63, 3.8) is 0 Å². The highest BCUT2D eigenvalue weighted by molar-refractivity contribution is 5.99. The molecule has 0 saturated heterocycles. The van der Waals surface area contributed by atoms with Crippen molar-refractivity contribution in [1.82, 2.24) is 0 Å². The zero-order valence-corrected chi connectivity index (χ0v) is 15.1. The van der Waals surface area contributed by atoms with Crippen LogP contribution in [0.2, 0.25) is 0 Å². The summed E-state index contributed by atoms with van der Waals surface area (Å²) < 4.78 is 20.7. The monoisotopic (exact) mass is 359 g/mol. The van der Waals surface area contributed by atoms with Gasteiger partial charge in [0, 0.05) is 11.8 Å². The highest BCUT2D eigenvalue weighted by atomic mass is 16.6. The van der Waals surface area contributed by atoms with Crippen LogP contribution in [0.1, 0.15) is 17.3 Å². The molecule has 2 rings (SSSR count). The molecule has 0 bridgehead atoms. The first-order chi connectivity index (χ1) is 12.5. The highest BCUT2D eigenvalue weighted by Gasteiger charge is 2.24. The third kappa shape index (κ3) is 4.44. The number of benzene rings is 2. The quantitative estimate of drug-likeness (QED) is 0.766. The number of carbonyl (C=O) groups excluding carboxylic acids is 2. The SMILES string of the molecule is COc1cccc(NC(=O)[C@H](C)OC(=O)c2c(OC)cccc2OC)c1. The summed E-state index contributed by atoms with van der Waals surface area (Å²) >= 11 is 0. The summed E-state index contributed by atoms with van der Waals surface area (Å²) in [5, 5.41) is 2.67. The normalized spacial score (nSPS) is 11.2. The molecular formula is C19H21NO6. The second kappa shape index (κ2) is 8.75. The summed E-state index contributed by atoms with van der Waals surface area (Å²) in [5.41, 5.74) is 0.658. The summed E-state index contributed by atoms with van der Waals surface area (Å²) in [7, 11) is 4.40. The van der Waals surface area contributed by atoms with Crippen molar-refractivity contribution in [2.45, 2.75) is 13.0 Å². The molecule has 2 aromatic rings. The van der Waals surface area contributed by atoms with Crippen molar-refractivity contribution in [3.8, 4) is 17.2 Å². The van der Waals surface area contributed by atoms with Gasteiger partial charge < -0.3 is 24.3 Å². The Morgan fingerprint density at radius 1 is 0.923 bits per heavy atom. The first kappa shape index (κ1) is 19.1. The van der Waals surface area contributed by atoms with Crippen LogP contribution in [0.5, 0.6) is 17.2 Å². The molecule has 0 aromatic heterocycles. The fourth-order valence-electron chi connectivity index (χ4n) is 2.27. The van der Waals surface area contributed by atoms with Crippen LogP contribution >= 0.6 is 0 Å². The van der Waals surface area contributed by atoms with Gasteiger partial charge in [0.2, 0.25) is 0 Å². The minimum atomic E-state index is -1.02. The number of carbonyl (C=O) groups is 2. The number of amides is 1. The highest BCUT2D eigenvalue weighted by Crippen LogP contribution is 2.29. The van der Waals surface area contributed by atoms with Crippen molar-refractivity contribution < 1.29 is 28.5 Å². The molecule has 0 fully saturated rings. The Morgan fingerprint density at radius 2 is 1.54 bits per heavy atom. The van der Waals surface area contributed by atoms with Crippen molar-refractivity contribution in [1.29, 1.82) is 0 Å². The van der Waals surface area contributed by atoms with Gasteiger partial charge in [-0.25, -0.2) is 4.79 Å². The molecule has 7 heteroatoms. The van der Waals surface area contributed by atoms with Crippen LogP contribution in [0.15, 0.2) is 42.5 Å². The molecule has 0 aliphatic carbocycles. The minimum absolute atomic E-state index is 0.124. The number of ether oxygens (including phenoxy) is 4. The predicted molar refractivity (Wildman–Crippen MR) is 96.0 cm³/mol. The summed E-state index contributed by atoms with van der Waals surface area (Å²) in [5.74, 6) is 0.0174. The van der Waals surface area contributed by atoms with Gasteiger partial charge in [-0.1, -0.05) is 12.1 Å². The molecule has 2 aromatic carbocycles. The maximum atomic E-state index is 12.5. The van der Waals surface area contributed by atoms with E-state index in [-0.39, 0.29) is 5.56 Å². The standard InChI is InChI=1S/C19H21NO6/c1-12(18(21)20-13-7-5-8-14(11-13)23-2)26-19(22)17-15(24-3)9-6-10-16(17)25-4/h5-12H,1-4H3,(H,20,21)/t12-/m0/s1. The lowest BCUT2D eigenvalue weighted by atomic mass is 10.1. The van der Waals surface area contributed by atoms with Crippen LogP contribution in [0.4, 0.5) is 5.69 Å². The lowest BCUT2D eigenvalue weighted by Gasteiger charge is -2.16. The zero-order chi connectivity index (χ0) is 19.1. The Kier molecular flexibility index (Phi) is 6.43. The van der Waals surface area contributed by atoms with E-state index < -0.39 is 18.0 Å². The van der Waals surface area contributed by atoms with Gasteiger partial charge in [0.15, 0.2) is 6.10 Å². The minimum Gasteiger partial charge on any atom is -0.497 e. The van der Waals surface area contributed by atoms with Crippen molar-refractivity contribution >= 4 is 17.6 Å². The Labute approximate surface area is 151 Å². The molecule has 1 N–H and O–H groups in total. The second-order valence-electron chi connectivity index (χ2n) is 5.31. The van der Waals surface area contributed by atoms with Crippen molar-refractivity contribution in [2.75, 3.05) is 26.6 Å². The van der Waals surface area contributed by atoms with Gasteiger partial charge in [0.05, 0.1) is 21.3 Å². The fraction of sp³-hybridized carbons (Fsp3) is 0.263. The number of nitrogens with one attached hydrogen (secondary N) is 1. The molecule has 0 radical (unpaired) electrons. The molecule has 1 amide bonds. The van der Waals surface area contributed by atoms with Gasteiger partial charge in [-0.2, -0.15) is 0 Å². The number of hydrogen-bond donors (Lipinski definition) is 1. The Morgan fingerprint density at radius 3 is 2.12 bits per heavy atom. The molecule has 26 heavy (non-hydrogen) atoms. The van der Waals surface area contributed by atoms with Gasteiger partial charge in [0.1, 0.15) is 22.8 Å². The molecule has 0 heterocycles. The Bertz CT molecular complexity index is 767. The van der Waals surface area contributed by atoms with Crippen LogP contribution in [0, 0.1) is 0 Å². The van der Waals surface area contributed by atoms with Gasteiger partial charge in [-0.05, 0) is 31.2 Å². The maximum Gasteiger partial charge on any atom is 0.346 e. The molecule has 138 valence electrons. The molecule has 0 unspecified atom stereocenters. The van der Waals surface area contributed by atoms with E-state index in [4.69, 9.17) is 18.9 Å². The number of methoxy groups -OCH3 is 3. The van der Waals surface area contributed by atoms with Crippen LogP contribution in [-0.2, 0) is 9.53 Å². The molecule has 1 atom stereocenters. The average Bonchev–Trinajstić information content (AvgIpc) is 2.67. The van der Waals surface area contributed by atoms with E-state index in [1.165, 1.54) is 28.3 Å². The van der Waals surface area contributed by atoms with Crippen LogP contribution in [-0.4, -0.2) is 39.3 Å². The van der Waals surface area contributed by atoms with Gasteiger partial charge >= 0.3 is 5.97 Å². The second-order valence-corrected chi connectivity index (χ2v) is 5.31. The Balaban J connectivity index is 2.10. The van der Waals surface area contributed by atoms with Gasteiger partial charge in [-0.15, -0.1) is 0 Å². The molecular weight excluding hydrogens is 338 g/mol. The van der Waals surface area contributed by atoms with Crippen LogP contribution < -0.4 is 19.5 Å². The smallest absolute Gasteiger partial charge is 0.346 e. The number of hydrogen-bond acceptors (Lipinski definition) is 6. The van der Waals surface area contributed by atoms with E-state index in [1.54, 1.807) is 42.5 Å². The predicted octanol–water partition coefficient (Wildman–Crippen LogP) is 2.90. The fourth-order valence-corrected chi connectivity index (χ4v) is 2.27. The third-order valence-corrected chi connectivity index (χ3v) is 3.62. The van der Waals surface area contributed by atoms with E-state index in [2.05, 4.69) is 5.32 Å². The number of anilines is 1. The summed E-state index contributed by atoms with van der Waals surface area (Å²) in [4.78, 5) is 24.8. The summed E-state index contributed by atoms with van der Waals surface area (Å²) in [6.45, 7) is 1.48. The van der Waals surface area contributed by atoms with Crippen LogP contribution in [0.3, 0.4) is 0 Å².